The summed E-state index contributed by atoms with van der Waals surface area (Å²) < 4.78 is 1.65. The summed E-state index contributed by atoms with van der Waals surface area (Å²) in [6.45, 7) is 4.37. The average Bonchev–Trinajstić information content (AvgIpc) is 2.95. The maximum Gasteiger partial charge on any atom is 0.305 e. The third-order valence-corrected chi connectivity index (χ3v) is 3.86. The Labute approximate surface area is 118 Å². The lowest BCUT2D eigenvalue weighted by molar-refractivity contribution is -0.138. The maximum absolute atomic E-state index is 12.4. The number of nitrogens with zero attached hydrogens (tertiary/aromatic N) is 2. The first-order valence-corrected chi connectivity index (χ1v) is 7.04. The monoisotopic (exact) mass is 279 g/mol. The first kappa shape index (κ1) is 14.6. The number of nitrogens with one attached hydrogen (secondary N) is 1. The number of rotatable bonds is 5. The SMILES string of the molecule is CCn1nc(C)cc1C(=O)NC1(CC(=O)O)CCCC1. The van der Waals surface area contributed by atoms with Gasteiger partial charge in [0.25, 0.3) is 5.91 Å². The van der Waals surface area contributed by atoms with Gasteiger partial charge in [0.15, 0.2) is 0 Å². The highest BCUT2D eigenvalue weighted by molar-refractivity contribution is 5.93. The van der Waals surface area contributed by atoms with Gasteiger partial charge in [0.05, 0.1) is 17.7 Å². The van der Waals surface area contributed by atoms with Crippen molar-refractivity contribution in [2.75, 3.05) is 0 Å². The van der Waals surface area contributed by atoms with E-state index in [2.05, 4.69) is 10.4 Å². The minimum Gasteiger partial charge on any atom is -0.481 e. The zero-order chi connectivity index (χ0) is 14.8. The lowest BCUT2D eigenvalue weighted by atomic mass is 9.93. The van der Waals surface area contributed by atoms with Gasteiger partial charge in [0.1, 0.15) is 5.69 Å². The molecule has 1 aromatic rings. The fraction of sp³-hybridized carbons (Fsp3) is 0.643. The lowest BCUT2D eigenvalue weighted by Crippen LogP contribution is -2.48. The molecule has 0 unspecified atom stereocenters. The van der Waals surface area contributed by atoms with Crippen molar-refractivity contribution in [3.05, 3.63) is 17.5 Å². The second-order valence-corrected chi connectivity index (χ2v) is 5.50. The molecular weight excluding hydrogens is 258 g/mol. The molecule has 0 aliphatic heterocycles. The Balaban J connectivity index is 2.18. The Morgan fingerprint density at radius 3 is 2.65 bits per heavy atom. The maximum atomic E-state index is 12.4. The van der Waals surface area contributed by atoms with Crippen molar-refractivity contribution in [3.63, 3.8) is 0 Å². The van der Waals surface area contributed by atoms with Crippen LogP contribution in [0.4, 0.5) is 0 Å². The lowest BCUT2D eigenvalue weighted by Gasteiger charge is -2.28. The molecule has 0 aromatic carbocycles. The predicted molar refractivity (Wildman–Crippen MR) is 73.6 cm³/mol. The fourth-order valence-corrected chi connectivity index (χ4v) is 2.96. The van der Waals surface area contributed by atoms with Crippen molar-refractivity contribution in [3.8, 4) is 0 Å². The van der Waals surface area contributed by atoms with Gasteiger partial charge >= 0.3 is 5.97 Å². The Hall–Kier alpha value is -1.85. The molecule has 1 heterocycles. The molecule has 20 heavy (non-hydrogen) atoms. The highest BCUT2D eigenvalue weighted by atomic mass is 16.4. The smallest absolute Gasteiger partial charge is 0.305 e. The standard InChI is InChI=1S/C14H21N3O3/c1-3-17-11(8-10(2)16-17)13(20)15-14(9-12(18)19)6-4-5-7-14/h8H,3-7,9H2,1-2H3,(H,15,20)(H,18,19). The van der Waals surface area contributed by atoms with E-state index in [0.29, 0.717) is 12.2 Å². The summed E-state index contributed by atoms with van der Waals surface area (Å²) in [6, 6.07) is 1.74. The molecule has 1 aliphatic rings. The Bertz CT molecular complexity index is 516. The molecule has 6 heteroatoms. The van der Waals surface area contributed by atoms with Crippen LogP contribution in [0.2, 0.25) is 0 Å². The summed E-state index contributed by atoms with van der Waals surface area (Å²) in [5.74, 6) is -1.09. The predicted octanol–water partition coefficient (Wildman–Crippen LogP) is 1.73. The first-order valence-electron chi connectivity index (χ1n) is 7.04. The van der Waals surface area contributed by atoms with Gasteiger partial charge in [-0.2, -0.15) is 5.10 Å². The van der Waals surface area contributed by atoms with Gasteiger partial charge in [0.2, 0.25) is 0 Å². The quantitative estimate of drug-likeness (QED) is 0.859. The van der Waals surface area contributed by atoms with Crippen LogP contribution in [0.1, 0.15) is 55.2 Å². The number of carbonyl (C=O) groups is 2. The number of amides is 1. The number of carbonyl (C=O) groups excluding carboxylic acids is 1. The van der Waals surface area contributed by atoms with E-state index in [1.54, 1.807) is 10.7 Å². The van der Waals surface area contributed by atoms with E-state index in [1.165, 1.54) is 0 Å². The zero-order valence-electron chi connectivity index (χ0n) is 12.0. The van der Waals surface area contributed by atoms with E-state index < -0.39 is 11.5 Å². The van der Waals surface area contributed by atoms with E-state index >= 15 is 0 Å². The van der Waals surface area contributed by atoms with Gasteiger partial charge in [-0.05, 0) is 32.8 Å². The molecule has 2 N–H and O–H groups in total. The van der Waals surface area contributed by atoms with Gasteiger partial charge < -0.3 is 10.4 Å². The number of aromatic nitrogens is 2. The van der Waals surface area contributed by atoms with Crippen molar-refractivity contribution < 1.29 is 14.7 Å². The van der Waals surface area contributed by atoms with E-state index in [4.69, 9.17) is 5.11 Å². The van der Waals surface area contributed by atoms with Crippen LogP contribution in [0.25, 0.3) is 0 Å². The third-order valence-electron chi connectivity index (χ3n) is 3.86. The van der Waals surface area contributed by atoms with Gasteiger partial charge in [-0.15, -0.1) is 0 Å². The van der Waals surface area contributed by atoms with Gasteiger partial charge in [0, 0.05) is 6.54 Å². The number of carboxylic acid groups (broad SMARTS) is 1. The molecule has 2 rings (SSSR count). The average molecular weight is 279 g/mol. The van der Waals surface area contributed by atoms with Crippen molar-refractivity contribution in [2.24, 2.45) is 0 Å². The first-order chi connectivity index (χ1) is 9.46. The molecule has 0 radical (unpaired) electrons. The molecule has 6 nitrogen and oxygen atoms in total. The number of carboxylic acids is 1. The summed E-state index contributed by atoms with van der Waals surface area (Å²) in [5.41, 5.74) is 0.692. The Kier molecular flexibility index (Phi) is 4.11. The van der Waals surface area contributed by atoms with Gasteiger partial charge in [-0.25, -0.2) is 0 Å². The molecule has 1 amide bonds. The summed E-state index contributed by atoms with van der Waals surface area (Å²) in [4.78, 5) is 23.5. The number of hydrogen-bond acceptors (Lipinski definition) is 3. The highest BCUT2D eigenvalue weighted by Crippen LogP contribution is 2.33. The molecule has 1 fully saturated rings. The number of hydrogen-bond donors (Lipinski definition) is 2. The molecule has 0 atom stereocenters. The molecule has 110 valence electrons. The summed E-state index contributed by atoms with van der Waals surface area (Å²) in [6.07, 6.45) is 3.35. The van der Waals surface area contributed by atoms with E-state index in [0.717, 1.165) is 31.4 Å². The molecule has 0 saturated heterocycles. The van der Waals surface area contributed by atoms with Crippen LogP contribution in [-0.4, -0.2) is 32.3 Å². The third kappa shape index (κ3) is 3.00. The van der Waals surface area contributed by atoms with Crippen molar-refractivity contribution in [2.45, 2.75) is 58.0 Å². The molecular formula is C14H21N3O3. The van der Waals surface area contributed by atoms with Crippen LogP contribution in [0.5, 0.6) is 0 Å². The van der Waals surface area contributed by atoms with Gasteiger partial charge in [-0.3, -0.25) is 14.3 Å². The van der Waals surface area contributed by atoms with Crippen molar-refractivity contribution >= 4 is 11.9 Å². The van der Waals surface area contributed by atoms with Crippen LogP contribution < -0.4 is 5.32 Å². The minimum absolute atomic E-state index is 0.0159. The minimum atomic E-state index is -0.868. The number of aliphatic carboxylic acids is 1. The van der Waals surface area contributed by atoms with Crippen LogP contribution in [0, 0.1) is 6.92 Å². The summed E-state index contributed by atoms with van der Waals surface area (Å²) >= 11 is 0. The summed E-state index contributed by atoms with van der Waals surface area (Å²) in [7, 11) is 0. The largest absolute Gasteiger partial charge is 0.481 e. The molecule has 0 spiro atoms. The topological polar surface area (TPSA) is 84.2 Å². The molecule has 1 saturated carbocycles. The Morgan fingerprint density at radius 2 is 2.10 bits per heavy atom. The summed E-state index contributed by atoms with van der Waals surface area (Å²) in [5, 5.41) is 16.3. The second kappa shape index (κ2) is 5.64. The van der Waals surface area contributed by atoms with Crippen molar-refractivity contribution in [1.82, 2.24) is 15.1 Å². The zero-order valence-corrected chi connectivity index (χ0v) is 12.0. The van der Waals surface area contributed by atoms with E-state index in [1.807, 2.05) is 13.8 Å². The second-order valence-electron chi connectivity index (χ2n) is 5.50. The van der Waals surface area contributed by atoms with Crippen molar-refractivity contribution in [1.29, 1.82) is 0 Å². The highest BCUT2D eigenvalue weighted by Gasteiger charge is 2.38. The molecule has 1 aliphatic carbocycles. The van der Waals surface area contributed by atoms with Crippen LogP contribution >= 0.6 is 0 Å². The van der Waals surface area contributed by atoms with E-state index in [-0.39, 0.29) is 12.3 Å². The number of aryl methyl sites for hydroxylation is 2. The van der Waals surface area contributed by atoms with Crippen LogP contribution in [0.15, 0.2) is 6.07 Å². The van der Waals surface area contributed by atoms with Crippen LogP contribution in [0.3, 0.4) is 0 Å². The normalized spacial score (nSPS) is 17.1. The molecule has 0 bridgehead atoms. The van der Waals surface area contributed by atoms with E-state index in [9.17, 15) is 9.59 Å². The Morgan fingerprint density at radius 1 is 1.45 bits per heavy atom. The van der Waals surface area contributed by atoms with Crippen LogP contribution in [-0.2, 0) is 11.3 Å². The van der Waals surface area contributed by atoms with Gasteiger partial charge in [-0.1, -0.05) is 12.8 Å². The fourth-order valence-electron chi connectivity index (χ4n) is 2.96. The molecule has 1 aromatic heterocycles.